The molecule has 150 valence electrons. The summed E-state index contributed by atoms with van der Waals surface area (Å²) < 4.78 is 0. The van der Waals surface area contributed by atoms with Gasteiger partial charge in [-0.1, -0.05) is 29.3 Å². The Hall–Kier alpha value is -0.810. The number of hydrogen-bond acceptors (Lipinski definition) is 3. The summed E-state index contributed by atoms with van der Waals surface area (Å²) in [6.45, 7) is 5.14. The summed E-state index contributed by atoms with van der Waals surface area (Å²) in [6.07, 6.45) is 6.28. The monoisotopic (exact) mass is 411 g/mol. The summed E-state index contributed by atoms with van der Waals surface area (Å²) in [7, 11) is 1.99. The third-order valence-electron chi connectivity index (χ3n) is 6.02. The van der Waals surface area contributed by atoms with Gasteiger partial charge in [-0.2, -0.15) is 0 Å². The minimum absolute atomic E-state index is 0.369. The highest BCUT2D eigenvalue weighted by molar-refractivity contribution is 6.42. The topological polar surface area (TPSA) is 35.6 Å². The smallest absolute Gasteiger partial charge is 0.222 e. The summed E-state index contributed by atoms with van der Waals surface area (Å²) >= 11 is 12.3. The van der Waals surface area contributed by atoms with Crippen LogP contribution in [0, 0.1) is 0 Å². The van der Waals surface area contributed by atoms with Crippen LogP contribution in [0.3, 0.4) is 0 Å². The number of likely N-dealkylation sites (tertiary alicyclic amines) is 2. The van der Waals surface area contributed by atoms with Crippen LogP contribution in [0.2, 0.25) is 10.0 Å². The number of carbonyl (C=O) groups is 1. The zero-order valence-corrected chi connectivity index (χ0v) is 17.7. The zero-order chi connectivity index (χ0) is 19.2. The number of amides is 1. The van der Waals surface area contributed by atoms with E-state index in [1.807, 2.05) is 19.2 Å². The van der Waals surface area contributed by atoms with E-state index in [1.54, 1.807) is 0 Å². The molecule has 0 spiro atoms. The van der Waals surface area contributed by atoms with Gasteiger partial charge in [-0.25, -0.2) is 0 Å². The Bertz CT molecular complexity index is 632. The molecule has 2 saturated heterocycles. The number of nitrogens with one attached hydrogen (secondary N) is 1. The van der Waals surface area contributed by atoms with Gasteiger partial charge < -0.3 is 15.1 Å². The van der Waals surface area contributed by atoms with Crippen molar-refractivity contribution >= 4 is 29.1 Å². The first-order valence-corrected chi connectivity index (χ1v) is 11.0. The molecule has 1 unspecified atom stereocenters. The fourth-order valence-corrected chi connectivity index (χ4v) is 4.71. The van der Waals surface area contributed by atoms with Crippen molar-refractivity contribution in [2.45, 2.75) is 50.5 Å². The van der Waals surface area contributed by atoms with Crippen LogP contribution in [0.15, 0.2) is 18.2 Å². The molecular weight excluding hydrogens is 381 g/mol. The lowest BCUT2D eigenvalue weighted by Crippen LogP contribution is -2.49. The molecule has 2 fully saturated rings. The number of nitrogens with zero attached hydrogens (tertiary/aromatic N) is 2. The highest BCUT2D eigenvalue weighted by atomic mass is 35.5. The maximum absolute atomic E-state index is 12.2. The van der Waals surface area contributed by atoms with Crippen molar-refractivity contribution in [3.8, 4) is 0 Å². The van der Waals surface area contributed by atoms with Crippen LogP contribution < -0.4 is 5.32 Å². The van der Waals surface area contributed by atoms with Crippen LogP contribution in [0.25, 0.3) is 0 Å². The Morgan fingerprint density at radius 1 is 1.15 bits per heavy atom. The van der Waals surface area contributed by atoms with E-state index in [0.717, 1.165) is 64.8 Å². The van der Waals surface area contributed by atoms with Gasteiger partial charge in [0, 0.05) is 38.6 Å². The van der Waals surface area contributed by atoms with E-state index < -0.39 is 0 Å². The molecule has 0 radical (unpaired) electrons. The summed E-state index contributed by atoms with van der Waals surface area (Å²) in [5.74, 6) is 0.791. The van der Waals surface area contributed by atoms with Crippen LogP contribution in [-0.4, -0.2) is 61.5 Å². The molecular formula is C21H31Cl2N3O. The highest BCUT2D eigenvalue weighted by Crippen LogP contribution is 2.29. The molecule has 0 bridgehead atoms. The van der Waals surface area contributed by atoms with E-state index in [9.17, 15) is 4.79 Å². The van der Waals surface area contributed by atoms with E-state index in [4.69, 9.17) is 23.2 Å². The molecule has 3 rings (SSSR count). The maximum Gasteiger partial charge on any atom is 0.222 e. The fraction of sp³-hybridized carbons (Fsp3) is 0.667. The first kappa shape index (κ1) is 20.9. The van der Waals surface area contributed by atoms with Crippen LogP contribution >= 0.6 is 23.2 Å². The third kappa shape index (κ3) is 5.60. The molecule has 27 heavy (non-hydrogen) atoms. The van der Waals surface area contributed by atoms with E-state index in [2.05, 4.69) is 21.2 Å². The molecule has 1 N–H and O–H groups in total. The van der Waals surface area contributed by atoms with Gasteiger partial charge in [0.1, 0.15) is 0 Å². The van der Waals surface area contributed by atoms with Crippen molar-refractivity contribution in [1.82, 2.24) is 15.1 Å². The summed E-state index contributed by atoms with van der Waals surface area (Å²) in [4.78, 5) is 16.9. The van der Waals surface area contributed by atoms with Gasteiger partial charge in [-0.05, 0) is 69.3 Å². The number of carbonyl (C=O) groups excluding carboxylic acids is 1. The maximum atomic E-state index is 12.2. The second-order valence-electron chi connectivity index (χ2n) is 7.83. The Morgan fingerprint density at radius 3 is 2.59 bits per heavy atom. The Morgan fingerprint density at radius 2 is 1.93 bits per heavy atom. The van der Waals surface area contributed by atoms with Crippen molar-refractivity contribution in [2.24, 2.45) is 0 Å². The van der Waals surface area contributed by atoms with Gasteiger partial charge in [-0.3, -0.25) is 4.79 Å². The largest absolute Gasteiger partial charge is 0.340 e. The van der Waals surface area contributed by atoms with Crippen LogP contribution in [0.4, 0.5) is 0 Å². The second-order valence-corrected chi connectivity index (χ2v) is 8.65. The van der Waals surface area contributed by atoms with E-state index in [0.29, 0.717) is 27.9 Å². The summed E-state index contributed by atoms with van der Waals surface area (Å²) in [6, 6.07) is 6.44. The van der Waals surface area contributed by atoms with Crippen LogP contribution in [-0.2, 0) is 4.79 Å². The molecule has 1 atom stereocenters. The van der Waals surface area contributed by atoms with Crippen LogP contribution in [0.5, 0.6) is 0 Å². The second kappa shape index (κ2) is 10.1. The minimum Gasteiger partial charge on any atom is -0.340 e. The quantitative estimate of drug-likeness (QED) is 0.731. The SMILES string of the molecule is CNCC(CCN1CCC(N2CCCCC2=O)CC1)c1ccc(Cl)c(Cl)c1. The average molecular weight is 412 g/mol. The van der Waals surface area contributed by atoms with Gasteiger partial charge in [0.05, 0.1) is 10.0 Å². The number of rotatable bonds is 7. The van der Waals surface area contributed by atoms with E-state index in [-0.39, 0.29) is 0 Å². The molecule has 0 saturated carbocycles. The summed E-state index contributed by atoms with van der Waals surface area (Å²) in [5, 5.41) is 4.54. The third-order valence-corrected chi connectivity index (χ3v) is 6.76. The molecule has 2 heterocycles. The Kier molecular flexibility index (Phi) is 7.83. The van der Waals surface area contributed by atoms with Crippen molar-refractivity contribution in [1.29, 1.82) is 0 Å². The molecule has 0 aromatic heterocycles. The normalized spacial score (nSPS) is 20.9. The van der Waals surface area contributed by atoms with Gasteiger partial charge in [-0.15, -0.1) is 0 Å². The highest BCUT2D eigenvalue weighted by Gasteiger charge is 2.29. The lowest BCUT2D eigenvalue weighted by molar-refractivity contribution is -0.136. The first-order chi connectivity index (χ1) is 13.1. The minimum atomic E-state index is 0.369. The van der Waals surface area contributed by atoms with Gasteiger partial charge in [0.25, 0.3) is 0 Å². The molecule has 4 nitrogen and oxygen atoms in total. The number of likely N-dealkylation sites (N-methyl/N-ethyl adjacent to an activating group) is 1. The van der Waals surface area contributed by atoms with Crippen molar-refractivity contribution in [3.05, 3.63) is 33.8 Å². The van der Waals surface area contributed by atoms with E-state index >= 15 is 0 Å². The number of benzene rings is 1. The average Bonchev–Trinajstić information content (AvgIpc) is 2.68. The number of hydrogen-bond donors (Lipinski definition) is 1. The number of halogens is 2. The number of piperidine rings is 2. The van der Waals surface area contributed by atoms with Gasteiger partial charge >= 0.3 is 0 Å². The first-order valence-electron chi connectivity index (χ1n) is 10.2. The zero-order valence-electron chi connectivity index (χ0n) is 16.2. The fourth-order valence-electron chi connectivity index (χ4n) is 4.41. The van der Waals surface area contributed by atoms with Crippen molar-refractivity contribution in [2.75, 3.05) is 39.8 Å². The Balaban J connectivity index is 1.50. The molecule has 2 aliphatic rings. The summed E-state index contributed by atoms with van der Waals surface area (Å²) in [5.41, 5.74) is 1.24. The predicted molar refractivity (Wildman–Crippen MR) is 113 cm³/mol. The predicted octanol–water partition coefficient (Wildman–Crippen LogP) is 4.16. The van der Waals surface area contributed by atoms with Gasteiger partial charge in [0.2, 0.25) is 5.91 Å². The standard InChI is InChI=1S/C21H31Cl2N3O/c1-24-15-17(16-5-6-19(22)20(23)14-16)7-11-25-12-8-18(9-13-25)26-10-3-2-4-21(26)27/h5-6,14,17-18,24H,2-4,7-13,15H2,1H3. The lowest BCUT2D eigenvalue weighted by atomic mass is 9.94. The lowest BCUT2D eigenvalue weighted by Gasteiger charge is -2.40. The molecule has 1 aromatic rings. The molecule has 2 aliphatic heterocycles. The van der Waals surface area contributed by atoms with E-state index in [1.165, 1.54) is 12.0 Å². The molecule has 0 aliphatic carbocycles. The van der Waals surface area contributed by atoms with Crippen LogP contribution in [0.1, 0.15) is 50.0 Å². The Labute approximate surface area is 173 Å². The van der Waals surface area contributed by atoms with Crippen molar-refractivity contribution in [3.63, 3.8) is 0 Å². The molecule has 1 aromatic carbocycles. The van der Waals surface area contributed by atoms with Gasteiger partial charge in [0.15, 0.2) is 0 Å². The molecule has 6 heteroatoms. The van der Waals surface area contributed by atoms with Crippen molar-refractivity contribution < 1.29 is 4.79 Å². The molecule has 1 amide bonds.